The molecule has 2 aliphatic rings. The number of imidazole rings is 1. The van der Waals surface area contributed by atoms with Crippen LogP contribution in [0.1, 0.15) is 23.3 Å². The molecule has 5 rings (SSSR count). The van der Waals surface area contributed by atoms with E-state index in [1.165, 1.54) is 0 Å². The normalized spacial score (nSPS) is 22.5. The molecular formula is C20H21N5O. The topological polar surface area (TPSA) is 73.9 Å². The summed E-state index contributed by atoms with van der Waals surface area (Å²) in [6.45, 7) is 3.72. The maximum absolute atomic E-state index is 13.0. The van der Waals surface area contributed by atoms with Gasteiger partial charge in [0.25, 0.3) is 5.91 Å². The van der Waals surface area contributed by atoms with E-state index < -0.39 is 0 Å². The van der Waals surface area contributed by atoms with Crippen molar-refractivity contribution in [1.82, 2.24) is 25.2 Å². The van der Waals surface area contributed by atoms with Crippen LogP contribution in [0, 0.1) is 5.41 Å². The fraction of sp³-hybridized carbons (Fsp3) is 0.350. The number of benzene rings is 1. The van der Waals surface area contributed by atoms with Crippen LogP contribution in [0.2, 0.25) is 0 Å². The van der Waals surface area contributed by atoms with Gasteiger partial charge in [0, 0.05) is 25.0 Å². The lowest BCUT2D eigenvalue weighted by molar-refractivity contribution is 0.0770. The third kappa shape index (κ3) is 2.57. The van der Waals surface area contributed by atoms with E-state index in [0.29, 0.717) is 17.2 Å². The van der Waals surface area contributed by atoms with Gasteiger partial charge < -0.3 is 15.2 Å². The zero-order valence-corrected chi connectivity index (χ0v) is 14.5. The molecular weight excluding hydrogens is 326 g/mol. The molecule has 1 aromatic carbocycles. The molecule has 0 bridgehead atoms. The number of amides is 1. The van der Waals surface area contributed by atoms with Gasteiger partial charge in [-0.05, 0) is 43.7 Å². The number of para-hydroxylation sites is 2. The zero-order valence-electron chi connectivity index (χ0n) is 14.5. The molecule has 2 aliphatic heterocycles. The van der Waals surface area contributed by atoms with E-state index in [0.717, 1.165) is 50.1 Å². The Bertz CT molecular complexity index is 940. The third-order valence-electron chi connectivity index (χ3n) is 5.66. The Morgan fingerprint density at radius 1 is 1.08 bits per heavy atom. The number of carbonyl (C=O) groups is 1. The SMILES string of the molecule is O=C(c1cccc(-c2nc3ccccc3[nH]2)n1)N1CCC2(CCNC2)C1. The summed E-state index contributed by atoms with van der Waals surface area (Å²) in [5.74, 6) is 0.713. The minimum atomic E-state index is 0.0201. The molecule has 6 nitrogen and oxygen atoms in total. The fourth-order valence-electron chi connectivity index (χ4n) is 4.17. The first kappa shape index (κ1) is 15.5. The molecule has 4 heterocycles. The van der Waals surface area contributed by atoms with Gasteiger partial charge in [-0.2, -0.15) is 0 Å². The van der Waals surface area contributed by atoms with Gasteiger partial charge in [-0.3, -0.25) is 4.79 Å². The standard InChI is InChI=1S/C20H21N5O/c26-19(25-11-9-20(13-25)8-10-21-12-20)17-7-3-6-16(22-17)18-23-14-4-1-2-5-15(14)24-18/h1-7,21H,8-13H2,(H,23,24). The number of aromatic nitrogens is 3. The highest BCUT2D eigenvalue weighted by Gasteiger charge is 2.42. The van der Waals surface area contributed by atoms with E-state index in [-0.39, 0.29) is 11.3 Å². The van der Waals surface area contributed by atoms with Crippen LogP contribution >= 0.6 is 0 Å². The van der Waals surface area contributed by atoms with Crippen molar-refractivity contribution < 1.29 is 4.79 Å². The van der Waals surface area contributed by atoms with Crippen molar-refractivity contribution in [3.8, 4) is 11.5 Å². The van der Waals surface area contributed by atoms with Crippen molar-refractivity contribution in [2.45, 2.75) is 12.8 Å². The van der Waals surface area contributed by atoms with Gasteiger partial charge >= 0.3 is 0 Å². The number of hydrogen-bond donors (Lipinski definition) is 2. The number of carbonyl (C=O) groups excluding carboxylic acids is 1. The highest BCUT2D eigenvalue weighted by atomic mass is 16.2. The summed E-state index contributed by atoms with van der Waals surface area (Å²) < 4.78 is 0. The summed E-state index contributed by atoms with van der Waals surface area (Å²) in [6, 6.07) is 13.4. The van der Waals surface area contributed by atoms with Gasteiger partial charge in [0.2, 0.25) is 0 Å². The Morgan fingerprint density at radius 3 is 2.85 bits per heavy atom. The van der Waals surface area contributed by atoms with Crippen molar-refractivity contribution >= 4 is 16.9 Å². The van der Waals surface area contributed by atoms with Crippen LogP contribution < -0.4 is 5.32 Å². The Hall–Kier alpha value is -2.73. The number of fused-ring (bicyclic) bond motifs is 1. The van der Waals surface area contributed by atoms with Crippen molar-refractivity contribution in [3.05, 3.63) is 48.2 Å². The average Bonchev–Trinajstić information content (AvgIpc) is 3.41. The van der Waals surface area contributed by atoms with E-state index >= 15 is 0 Å². The number of nitrogens with one attached hydrogen (secondary N) is 2. The number of aromatic amines is 1. The first-order valence-electron chi connectivity index (χ1n) is 9.15. The number of H-pyrrole nitrogens is 1. The van der Waals surface area contributed by atoms with Crippen LogP contribution in [0.15, 0.2) is 42.5 Å². The lowest BCUT2D eigenvalue weighted by Gasteiger charge is -2.22. The zero-order chi connectivity index (χ0) is 17.6. The van der Waals surface area contributed by atoms with Gasteiger partial charge in [0.1, 0.15) is 11.4 Å². The Morgan fingerprint density at radius 2 is 2.00 bits per heavy atom. The first-order valence-corrected chi connectivity index (χ1v) is 9.15. The molecule has 1 atom stereocenters. The van der Waals surface area contributed by atoms with Crippen molar-refractivity contribution in [2.24, 2.45) is 5.41 Å². The van der Waals surface area contributed by atoms with Gasteiger partial charge in [-0.25, -0.2) is 9.97 Å². The molecule has 2 fully saturated rings. The van der Waals surface area contributed by atoms with Crippen molar-refractivity contribution in [3.63, 3.8) is 0 Å². The Labute approximate surface area is 151 Å². The number of rotatable bonds is 2. The molecule has 2 saturated heterocycles. The molecule has 1 unspecified atom stereocenters. The van der Waals surface area contributed by atoms with E-state index in [1.54, 1.807) is 6.07 Å². The molecule has 2 N–H and O–H groups in total. The Kier molecular flexibility index (Phi) is 3.53. The highest BCUT2D eigenvalue weighted by molar-refractivity contribution is 5.93. The van der Waals surface area contributed by atoms with Gasteiger partial charge in [-0.1, -0.05) is 18.2 Å². The summed E-state index contributed by atoms with van der Waals surface area (Å²) >= 11 is 0. The second-order valence-corrected chi connectivity index (χ2v) is 7.41. The second-order valence-electron chi connectivity index (χ2n) is 7.41. The van der Waals surface area contributed by atoms with Crippen molar-refractivity contribution in [1.29, 1.82) is 0 Å². The van der Waals surface area contributed by atoms with Crippen LogP contribution in [-0.4, -0.2) is 51.9 Å². The lowest BCUT2D eigenvalue weighted by atomic mass is 9.87. The maximum atomic E-state index is 13.0. The summed E-state index contributed by atoms with van der Waals surface area (Å²) in [5, 5.41) is 3.43. The number of pyridine rings is 1. The van der Waals surface area contributed by atoms with Crippen LogP contribution in [0.25, 0.3) is 22.6 Å². The predicted molar refractivity (Wildman–Crippen MR) is 99.8 cm³/mol. The van der Waals surface area contributed by atoms with Crippen LogP contribution in [0.4, 0.5) is 0 Å². The summed E-state index contributed by atoms with van der Waals surface area (Å²) in [5.41, 5.74) is 3.33. The van der Waals surface area contributed by atoms with E-state index in [2.05, 4.69) is 20.3 Å². The number of hydrogen-bond acceptors (Lipinski definition) is 4. The Balaban J connectivity index is 1.42. The average molecular weight is 347 g/mol. The molecule has 1 spiro atoms. The lowest BCUT2D eigenvalue weighted by Crippen LogP contribution is -2.33. The van der Waals surface area contributed by atoms with Gasteiger partial charge in [0.05, 0.1) is 11.0 Å². The molecule has 0 radical (unpaired) electrons. The molecule has 3 aromatic rings. The third-order valence-corrected chi connectivity index (χ3v) is 5.66. The van der Waals surface area contributed by atoms with E-state index in [4.69, 9.17) is 0 Å². The monoisotopic (exact) mass is 347 g/mol. The molecule has 6 heteroatoms. The van der Waals surface area contributed by atoms with Crippen LogP contribution in [0.3, 0.4) is 0 Å². The van der Waals surface area contributed by atoms with Gasteiger partial charge in [-0.15, -0.1) is 0 Å². The highest BCUT2D eigenvalue weighted by Crippen LogP contribution is 2.36. The van der Waals surface area contributed by atoms with E-state index in [1.807, 2.05) is 41.3 Å². The smallest absolute Gasteiger partial charge is 0.272 e. The molecule has 0 aliphatic carbocycles. The van der Waals surface area contributed by atoms with Crippen LogP contribution in [0.5, 0.6) is 0 Å². The van der Waals surface area contributed by atoms with Crippen molar-refractivity contribution in [2.75, 3.05) is 26.2 Å². The molecule has 132 valence electrons. The molecule has 2 aromatic heterocycles. The molecule has 26 heavy (non-hydrogen) atoms. The van der Waals surface area contributed by atoms with Gasteiger partial charge in [0.15, 0.2) is 5.82 Å². The quantitative estimate of drug-likeness (QED) is 0.747. The summed E-state index contributed by atoms with van der Waals surface area (Å²) in [7, 11) is 0. The minimum absolute atomic E-state index is 0.0201. The summed E-state index contributed by atoms with van der Waals surface area (Å²) in [4.78, 5) is 27.4. The maximum Gasteiger partial charge on any atom is 0.272 e. The second kappa shape index (κ2) is 5.92. The first-order chi connectivity index (χ1) is 12.7. The predicted octanol–water partition coefficient (Wildman–Crippen LogP) is 2.45. The number of nitrogens with zero attached hydrogens (tertiary/aromatic N) is 3. The van der Waals surface area contributed by atoms with Crippen LogP contribution in [-0.2, 0) is 0 Å². The minimum Gasteiger partial charge on any atom is -0.337 e. The summed E-state index contributed by atoms with van der Waals surface area (Å²) in [6.07, 6.45) is 2.23. The number of likely N-dealkylation sites (tertiary alicyclic amines) is 1. The molecule has 0 saturated carbocycles. The largest absolute Gasteiger partial charge is 0.337 e. The van der Waals surface area contributed by atoms with E-state index in [9.17, 15) is 4.79 Å². The molecule has 1 amide bonds. The fourth-order valence-corrected chi connectivity index (χ4v) is 4.17.